The SMILES string of the molecule is CCN(CC)C(=O)c1ccc(C)cc1C#CCN. The van der Waals surface area contributed by atoms with E-state index >= 15 is 0 Å². The van der Waals surface area contributed by atoms with Gasteiger partial charge in [-0.05, 0) is 38.5 Å². The zero-order chi connectivity index (χ0) is 13.5. The smallest absolute Gasteiger partial charge is 0.255 e. The molecule has 18 heavy (non-hydrogen) atoms. The van der Waals surface area contributed by atoms with Crippen LogP contribution in [0.3, 0.4) is 0 Å². The Morgan fingerprint density at radius 2 is 2.00 bits per heavy atom. The van der Waals surface area contributed by atoms with E-state index in [1.165, 1.54) is 0 Å². The molecule has 1 aromatic rings. The highest BCUT2D eigenvalue weighted by atomic mass is 16.2. The van der Waals surface area contributed by atoms with E-state index in [2.05, 4.69) is 11.8 Å². The number of aryl methyl sites for hydroxylation is 1. The summed E-state index contributed by atoms with van der Waals surface area (Å²) in [5.74, 6) is 5.81. The van der Waals surface area contributed by atoms with Crippen LogP contribution < -0.4 is 5.73 Å². The van der Waals surface area contributed by atoms with Crippen molar-refractivity contribution in [1.29, 1.82) is 0 Å². The van der Waals surface area contributed by atoms with Crippen molar-refractivity contribution in [2.75, 3.05) is 19.6 Å². The molecule has 3 nitrogen and oxygen atoms in total. The van der Waals surface area contributed by atoms with E-state index in [1.54, 1.807) is 4.90 Å². The van der Waals surface area contributed by atoms with Crippen LogP contribution in [0.2, 0.25) is 0 Å². The van der Waals surface area contributed by atoms with Crippen LogP contribution in [-0.2, 0) is 0 Å². The van der Waals surface area contributed by atoms with Crippen molar-refractivity contribution in [3.63, 3.8) is 0 Å². The van der Waals surface area contributed by atoms with Crippen LogP contribution in [0.4, 0.5) is 0 Å². The minimum Gasteiger partial charge on any atom is -0.339 e. The summed E-state index contributed by atoms with van der Waals surface area (Å²) in [7, 11) is 0. The summed E-state index contributed by atoms with van der Waals surface area (Å²) >= 11 is 0. The Balaban J connectivity index is 3.18. The molecule has 0 atom stereocenters. The molecule has 0 aliphatic carbocycles. The molecule has 0 bridgehead atoms. The number of carbonyl (C=O) groups excluding carboxylic acids is 1. The maximum absolute atomic E-state index is 12.3. The van der Waals surface area contributed by atoms with Gasteiger partial charge in [-0.25, -0.2) is 0 Å². The van der Waals surface area contributed by atoms with Crippen molar-refractivity contribution < 1.29 is 4.79 Å². The Kier molecular flexibility index (Phi) is 5.41. The standard InChI is InChI=1S/C15H20N2O/c1-4-17(5-2)15(18)14-9-8-12(3)11-13(14)7-6-10-16/h8-9,11H,4-5,10,16H2,1-3H3. The van der Waals surface area contributed by atoms with Crippen LogP contribution in [-0.4, -0.2) is 30.4 Å². The van der Waals surface area contributed by atoms with Gasteiger partial charge in [0.1, 0.15) is 0 Å². The monoisotopic (exact) mass is 244 g/mol. The molecule has 1 amide bonds. The van der Waals surface area contributed by atoms with Gasteiger partial charge in [0.2, 0.25) is 0 Å². The normalized spacial score (nSPS) is 9.56. The molecule has 0 saturated carbocycles. The molecule has 0 aliphatic heterocycles. The molecular weight excluding hydrogens is 224 g/mol. The molecule has 0 fully saturated rings. The lowest BCUT2D eigenvalue weighted by Gasteiger charge is -2.19. The van der Waals surface area contributed by atoms with Gasteiger partial charge in [0.15, 0.2) is 0 Å². The number of carbonyl (C=O) groups is 1. The number of nitrogens with zero attached hydrogens (tertiary/aromatic N) is 1. The van der Waals surface area contributed by atoms with E-state index in [0.29, 0.717) is 25.2 Å². The molecule has 0 aromatic heterocycles. The highest BCUT2D eigenvalue weighted by Crippen LogP contribution is 2.13. The molecule has 96 valence electrons. The average molecular weight is 244 g/mol. The predicted octanol–water partition coefficient (Wildman–Crippen LogP) is 1.79. The van der Waals surface area contributed by atoms with Crippen LogP contribution >= 0.6 is 0 Å². The van der Waals surface area contributed by atoms with Crippen LogP contribution in [0.15, 0.2) is 18.2 Å². The molecule has 3 heteroatoms. The van der Waals surface area contributed by atoms with Gasteiger partial charge < -0.3 is 10.6 Å². The molecule has 0 radical (unpaired) electrons. The summed E-state index contributed by atoms with van der Waals surface area (Å²) in [5.41, 5.74) is 7.89. The van der Waals surface area contributed by atoms with Crippen molar-refractivity contribution >= 4 is 5.91 Å². The summed E-state index contributed by atoms with van der Waals surface area (Å²) < 4.78 is 0. The summed E-state index contributed by atoms with van der Waals surface area (Å²) in [4.78, 5) is 14.1. The molecule has 0 unspecified atom stereocenters. The molecule has 1 rings (SSSR count). The van der Waals surface area contributed by atoms with Gasteiger partial charge in [-0.2, -0.15) is 0 Å². The minimum absolute atomic E-state index is 0.0290. The van der Waals surface area contributed by atoms with E-state index in [4.69, 9.17) is 5.73 Å². The van der Waals surface area contributed by atoms with Gasteiger partial charge in [-0.15, -0.1) is 0 Å². The van der Waals surface area contributed by atoms with Crippen LogP contribution in [0, 0.1) is 18.8 Å². The van der Waals surface area contributed by atoms with Gasteiger partial charge in [-0.1, -0.05) is 17.9 Å². The molecule has 0 heterocycles. The first-order valence-electron chi connectivity index (χ1n) is 6.22. The first-order valence-corrected chi connectivity index (χ1v) is 6.22. The Labute approximate surface area is 109 Å². The number of benzene rings is 1. The van der Waals surface area contributed by atoms with Gasteiger partial charge in [0, 0.05) is 18.7 Å². The van der Waals surface area contributed by atoms with Crippen molar-refractivity contribution in [3.8, 4) is 11.8 Å². The highest BCUT2D eigenvalue weighted by Gasteiger charge is 2.15. The summed E-state index contributed by atoms with van der Waals surface area (Å²) in [6.07, 6.45) is 0. The number of rotatable bonds is 3. The lowest BCUT2D eigenvalue weighted by Crippen LogP contribution is -2.31. The second kappa shape index (κ2) is 6.83. The van der Waals surface area contributed by atoms with Crippen LogP contribution in [0.1, 0.15) is 35.3 Å². The van der Waals surface area contributed by atoms with Gasteiger partial charge in [-0.3, -0.25) is 4.79 Å². The lowest BCUT2D eigenvalue weighted by molar-refractivity contribution is 0.0772. The third-order valence-corrected chi connectivity index (χ3v) is 2.78. The molecular formula is C15H20N2O. The predicted molar refractivity (Wildman–Crippen MR) is 74.4 cm³/mol. The lowest BCUT2D eigenvalue weighted by atomic mass is 10.0. The van der Waals surface area contributed by atoms with Crippen molar-refractivity contribution in [2.45, 2.75) is 20.8 Å². The first kappa shape index (κ1) is 14.3. The van der Waals surface area contributed by atoms with E-state index in [0.717, 1.165) is 11.1 Å². The number of nitrogens with two attached hydrogens (primary N) is 1. The van der Waals surface area contributed by atoms with E-state index in [9.17, 15) is 4.79 Å². The summed E-state index contributed by atoms with van der Waals surface area (Å²) in [6.45, 7) is 7.63. The fourth-order valence-corrected chi connectivity index (χ4v) is 1.78. The van der Waals surface area contributed by atoms with Gasteiger partial charge in [0.25, 0.3) is 5.91 Å². The van der Waals surface area contributed by atoms with Crippen molar-refractivity contribution in [2.24, 2.45) is 5.73 Å². The molecule has 0 saturated heterocycles. The Morgan fingerprint density at radius 1 is 1.33 bits per heavy atom. The summed E-state index contributed by atoms with van der Waals surface area (Å²) in [5, 5.41) is 0. The first-order chi connectivity index (χ1) is 8.63. The Hall–Kier alpha value is -1.79. The average Bonchev–Trinajstić information content (AvgIpc) is 2.37. The molecule has 0 aliphatic rings. The largest absolute Gasteiger partial charge is 0.339 e. The fourth-order valence-electron chi connectivity index (χ4n) is 1.78. The van der Waals surface area contributed by atoms with E-state index in [-0.39, 0.29) is 5.91 Å². The van der Waals surface area contributed by atoms with Gasteiger partial charge in [0.05, 0.1) is 12.1 Å². The maximum Gasteiger partial charge on any atom is 0.255 e. The van der Waals surface area contributed by atoms with E-state index in [1.807, 2.05) is 39.0 Å². The number of hydrogen-bond donors (Lipinski definition) is 1. The quantitative estimate of drug-likeness (QED) is 0.824. The Bertz CT molecular complexity index is 479. The number of hydrogen-bond acceptors (Lipinski definition) is 2. The molecule has 0 spiro atoms. The molecule has 1 aromatic carbocycles. The second-order valence-electron chi connectivity index (χ2n) is 4.03. The van der Waals surface area contributed by atoms with Crippen LogP contribution in [0.5, 0.6) is 0 Å². The van der Waals surface area contributed by atoms with Gasteiger partial charge >= 0.3 is 0 Å². The van der Waals surface area contributed by atoms with Crippen molar-refractivity contribution in [1.82, 2.24) is 4.90 Å². The highest BCUT2D eigenvalue weighted by molar-refractivity contribution is 5.96. The third-order valence-electron chi connectivity index (χ3n) is 2.78. The molecule has 2 N–H and O–H groups in total. The topological polar surface area (TPSA) is 46.3 Å². The van der Waals surface area contributed by atoms with E-state index < -0.39 is 0 Å². The minimum atomic E-state index is 0.0290. The maximum atomic E-state index is 12.3. The zero-order valence-corrected chi connectivity index (χ0v) is 11.3. The zero-order valence-electron chi connectivity index (χ0n) is 11.3. The Morgan fingerprint density at radius 3 is 2.56 bits per heavy atom. The van der Waals surface area contributed by atoms with Crippen molar-refractivity contribution in [3.05, 3.63) is 34.9 Å². The fraction of sp³-hybridized carbons (Fsp3) is 0.400. The summed E-state index contributed by atoms with van der Waals surface area (Å²) in [6, 6.07) is 5.71. The second-order valence-corrected chi connectivity index (χ2v) is 4.03. The van der Waals surface area contributed by atoms with Crippen LogP contribution in [0.25, 0.3) is 0 Å². The number of amides is 1. The third kappa shape index (κ3) is 3.35.